The fourth-order valence-corrected chi connectivity index (χ4v) is 2.03. The number of carboxylic acid groups (broad SMARTS) is 1. The van der Waals surface area contributed by atoms with Crippen LogP contribution in [0.1, 0.15) is 36.2 Å². The number of methoxy groups -OCH3 is 1. The van der Waals surface area contributed by atoms with Crippen LogP contribution in [0.3, 0.4) is 0 Å². The quantitative estimate of drug-likeness (QED) is 0.798. The summed E-state index contributed by atoms with van der Waals surface area (Å²) >= 11 is 0. The van der Waals surface area contributed by atoms with E-state index in [4.69, 9.17) is 9.84 Å². The highest BCUT2D eigenvalue weighted by molar-refractivity contribution is 5.89. The van der Waals surface area contributed by atoms with Crippen molar-refractivity contribution >= 4 is 11.9 Å². The van der Waals surface area contributed by atoms with Crippen LogP contribution >= 0.6 is 0 Å². The molecule has 0 radical (unpaired) electrons. The lowest BCUT2D eigenvalue weighted by molar-refractivity contribution is -0.123. The third-order valence-electron chi connectivity index (χ3n) is 2.85. The Morgan fingerprint density at radius 2 is 1.95 bits per heavy atom. The zero-order chi connectivity index (χ0) is 15.2. The molecule has 0 bridgehead atoms. The normalized spacial score (nSPS) is 11.2. The zero-order valence-electron chi connectivity index (χ0n) is 12.1. The van der Waals surface area contributed by atoms with Gasteiger partial charge in [0.05, 0.1) is 17.7 Å². The fourth-order valence-electron chi connectivity index (χ4n) is 2.03. The zero-order valence-corrected chi connectivity index (χ0v) is 12.1. The number of carboxylic acids is 1. The summed E-state index contributed by atoms with van der Waals surface area (Å²) in [5, 5.41) is 11.9. The van der Waals surface area contributed by atoms with Crippen molar-refractivity contribution in [3.8, 4) is 0 Å². The molecule has 0 aliphatic carbocycles. The van der Waals surface area contributed by atoms with Crippen LogP contribution in [0.25, 0.3) is 0 Å². The van der Waals surface area contributed by atoms with Crippen LogP contribution in [0.2, 0.25) is 0 Å². The highest BCUT2D eigenvalue weighted by atomic mass is 16.5. The predicted molar refractivity (Wildman–Crippen MR) is 75.8 cm³/mol. The van der Waals surface area contributed by atoms with Gasteiger partial charge >= 0.3 is 5.97 Å². The second kappa shape index (κ2) is 7.05. The molecular formula is C15H21NO4. The molecule has 0 heterocycles. The first-order valence-electron chi connectivity index (χ1n) is 6.47. The molecule has 20 heavy (non-hydrogen) atoms. The third-order valence-corrected chi connectivity index (χ3v) is 2.85. The van der Waals surface area contributed by atoms with Gasteiger partial charge in [0.1, 0.15) is 0 Å². The number of aromatic carboxylic acids is 1. The molecule has 1 aromatic carbocycles. The molecule has 0 atom stereocenters. The molecule has 2 N–H and O–H groups in total. The van der Waals surface area contributed by atoms with Crippen LogP contribution in [-0.4, -0.2) is 36.2 Å². The Bertz CT molecular complexity index is 483. The Labute approximate surface area is 118 Å². The molecule has 0 unspecified atom stereocenters. The van der Waals surface area contributed by atoms with E-state index < -0.39 is 11.5 Å². The molecule has 0 aliphatic heterocycles. The van der Waals surface area contributed by atoms with Gasteiger partial charge in [-0.2, -0.15) is 0 Å². The minimum Gasteiger partial charge on any atom is -0.478 e. The van der Waals surface area contributed by atoms with Gasteiger partial charge in [-0.3, -0.25) is 4.79 Å². The average molecular weight is 279 g/mol. The lowest BCUT2D eigenvalue weighted by atomic mass is 10.0. The lowest BCUT2D eigenvalue weighted by Gasteiger charge is -2.25. The molecule has 110 valence electrons. The van der Waals surface area contributed by atoms with Crippen molar-refractivity contribution in [2.24, 2.45) is 0 Å². The van der Waals surface area contributed by atoms with Gasteiger partial charge in [-0.15, -0.1) is 0 Å². The monoisotopic (exact) mass is 279 g/mol. The van der Waals surface area contributed by atoms with Crippen molar-refractivity contribution in [3.05, 3.63) is 35.4 Å². The molecule has 0 aromatic heterocycles. The van der Waals surface area contributed by atoms with Crippen LogP contribution in [0.15, 0.2) is 24.3 Å². The number of aryl methyl sites for hydroxylation is 1. The average Bonchev–Trinajstić information content (AvgIpc) is 2.35. The molecular weight excluding hydrogens is 258 g/mol. The van der Waals surface area contributed by atoms with Gasteiger partial charge in [0.25, 0.3) is 0 Å². The molecule has 5 nitrogen and oxygen atoms in total. The number of hydrogen-bond acceptors (Lipinski definition) is 3. The van der Waals surface area contributed by atoms with Gasteiger partial charge in [-0.05, 0) is 31.9 Å². The Kier molecular flexibility index (Phi) is 5.70. The summed E-state index contributed by atoms with van der Waals surface area (Å²) in [6.07, 6.45) is 0.648. The molecule has 1 rings (SSSR count). The molecule has 0 fully saturated rings. The SMILES string of the molecule is COCC(C)(C)NC(=O)CCc1ccccc1C(=O)O. The Balaban J connectivity index is 2.60. The van der Waals surface area contributed by atoms with Gasteiger partial charge in [0.2, 0.25) is 5.91 Å². The van der Waals surface area contributed by atoms with Gasteiger partial charge in [0, 0.05) is 13.5 Å². The molecule has 0 aliphatic rings. The van der Waals surface area contributed by atoms with E-state index in [1.165, 1.54) is 0 Å². The number of nitrogens with one attached hydrogen (secondary N) is 1. The van der Waals surface area contributed by atoms with E-state index in [2.05, 4.69) is 5.32 Å². The molecule has 0 saturated heterocycles. The van der Waals surface area contributed by atoms with Crippen molar-refractivity contribution in [2.75, 3.05) is 13.7 Å². The van der Waals surface area contributed by atoms with E-state index in [-0.39, 0.29) is 17.9 Å². The second-order valence-corrected chi connectivity index (χ2v) is 5.33. The van der Waals surface area contributed by atoms with E-state index in [1.54, 1.807) is 31.4 Å². The first kappa shape index (κ1) is 16.2. The highest BCUT2D eigenvalue weighted by Crippen LogP contribution is 2.12. The molecule has 1 aromatic rings. The number of hydrogen-bond donors (Lipinski definition) is 2. The van der Waals surface area contributed by atoms with Crippen LogP contribution in [-0.2, 0) is 16.0 Å². The van der Waals surface area contributed by atoms with E-state index in [1.807, 2.05) is 13.8 Å². The number of benzene rings is 1. The van der Waals surface area contributed by atoms with Gasteiger partial charge in [-0.1, -0.05) is 18.2 Å². The summed E-state index contributed by atoms with van der Waals surface area (Å²) in [6, 6.07) is 6.73. The van der Waals surface area contributed by atoms with Crippen molar-refractivity contribution in [1.82, 2.24) is 5.32 Å². The van der Waals surface area contributed by atoms with Crippen LogP contribution in [0, 0.1) is 0 Å². The fraction of sp³-hybridized carbons (Fsp3) is 0.467. The van der Waals surface area contributed by atoms with E-state index in [0.717, 1.165) is 0 Å². The van der Waals surface area contributed by atoms with Gasteiger partial charge < -0.3 is 15.2 Å². The molecule has 5 heteroatoms. The minimum atomic E-state index is -0.972. The Morgan fingerprint density at radius 3 is 2.55 bits per heavy atom. The maximum atomic E-state index is 11.9. The maximum Gasteiger partial charge on any atom is 0.335 e. The minimum absolute atomic E-state index is 0.118. The van der Waals surface area contributed by atoms with E-state index in [0.29, 0.717) is 18.6 Å². The first-order valence-corrected chi connectivity index (χ1v) is 6.47. The summed E-state index contributed by atoms with van der Waals surface area (Å²) in [6.45, 7) is 4.17. The van der Waals surface area contributed by atoms with Crippen molar-refractivity contribution < 1.29 is 19.4 Å². The summed E-state index contributed by atoms with van der Waals surface area (Å²) in [5.41, 5.74) is 0.481. The van der Waals surface area contributed by atoms with Crippen molar-refractivity contribution in [1.29, 1.82) is 0 Å². The summed E-state index contributed by atoms with van der Waals surface area (Å²) in [5.74, 6) is -1.09. The lowest BCUT2D eigenvalue weighted by Crippen LogP contribution is -2.46. The number of carbonyl (C=O) groups is 2. The molecule has 0 spiro atoms. The topological polar surface area (TPSA) is 75.6 Å². The number of amides is 1. The third kappa shape index (κ3) is 5.01. The highest BCUT2D eigenvalue weighted by Gasteiger charge is 2.20. The molecule has 1 amide bonds. The summed E-state index contributed by atoms with van der Waals surface area (Å²) < 4.78 is 5.03. The number of carbonyl (C=O) groups excluding carboxylic acids is 1. The summed E-state index contributed by atoms with van der Waals surface area (Å²) in [4.78, 5) is 22.9. The van der Waals surface area contributed by atoms with E-state index >= 15 is 0 Å². The van der Waals surface area contributed by atoms with Gasteiger partial charge in [-0.25, -0.2) is 4.79 Å². The smallest absolute Gasteiger partial charge is 0.335 e. The van der Waals surface area contributed by atoms with Crippen LogP contribution in [0.5, 0.6) is 0 Å². The first-order chi connectivity index (χ1) is 9.35. The van der Waals surface area contributed by atoms with Crippen LogP contribution < -0.4 is 5.32 Å². The second-order valence-electron chi connectivity index (χ2n) is 5.33. The predicted octanol–water partition coefficient (Wildman–Crippen LogP) is 1.86. The Hall–Kier alpha value is -1.88. The standard InChI is InChI=1S/C15H21NO4/c1-15(2,10-20-3)16-13(17)9-8-11-6-4-5-7-12(11)14(18)19/h4-7H,8-10H2,1-3H3,(H,16,17)(H,18,19). The Morgan fingerprint density at radius 1 is 1.30 bits per heavy atom. The largest absolute Gasteiger partial charge is 0.478 e. The van der Waals surface area contributed by atoms with Crippen LogP contribution in [0.4, 0.5) is 0 Å². The van der Waals surface area contributed by atoms with E-state index in [9.17, 15) is 9.59 Å². The number of ether oxygens (including phenoxy) is 1. The maximum absolute atomic E-state index is 11.9. The van der Waals surface area contributed by atoms with Crippen molar-refractivity contribution in [2.45, 2.75) is 32.2 Å². The molecule has 0 saturated carbocycles. The van der Waals surface area contributed by atoms with Gasteiger partial charge in [0.15, 0.2) is 0 Å². The summed E-state index contributed by atoms with van der Waals surface area (Å²) in [7, 11) is 1.58. The van der Waals surface area contributed by atoms with Crippen molar-refractivity contribution in [3.63, 3.8) is 0 Å². The number of rotatable bonds is 7.